The van der Waals surface area contributed by atoms with E-state index in [1.807, 2.05) is 0 Å². The van der Waals surface area contributed by atoms with Crippen LogP contribution in [-0.2, 0) is 9.47 Å². The van der Waals surface area contributed by atoms with E-state index in [0.29, 0.717) is 0 Å². The first-order chi connectivity index (χ1) is 18.3. The molecule has 0 aromatic carbocycles. The molecule has 38 heavy (non-hydrogen) atoms. The Balaban J connectivity index is 3.49. The van der Waals surface area contributed by atoms with Crippen LogP contribution in [0.25, 0.3) is 0 Å². The van der Waals surface area contributed by atoms with Crippen LogP contribution in [0.1, 0.15) is 155 Å². The molecule has 0 aliphatic carbocycles. The zero-order valence-electron chi connectivity index (χ0n) is 27.5. The first-order valence-electron chi connectivity index (χ1n) is 17.1. The quantitative estimate of drug-likeness (QED) is 0.0493. The molecule has 4 heteroatoms. The highest BCUT2D eigenvalue weighted by molar-refractivity contribution is 4.49. The van der Waals surface area contributed by atoms with E-state index >= 15 is 0 Å². The van der Waals surface area contributed by atoms with Gasteiger partial charge in [-0.2, -0.15) is 0 Å². The van der Waals surface area contributed by atoms with Crippen molar-refractivity contribution >= 4 is 0 Å². The Morgan fingerprint density at radius 2 is 0.605 bits per heavy atom. The topological polar surface area (TPSA) is 18.5 Å². The van der Waals surface area contributed by atoms with Gasteiger partial charge in [0.2, 0.25) is 0 Å². The van der Waals surface area contributed by atoms with Crippen LogP contribution < -0.4 is 0 Å². The number of hydrogen-bond acceptors (Lipinski definition) is 2. The molecule has 0 atom stereocenters. The molecule has 0 aliphatic rings. The van der Waals surface area contributed by atoms with Crippen LogP contribution in [0.4, 0.5) is 0 Å². The number of rotatable bonds is 31. The third kappa shape index (κ3) is 28.8. The summed E-state index contributed by atoms with van der Waals surface area (Å²) in [6.07, 6.45) is 30.3. The number of ether oxygens (including phenoxy) is 2. The Morgan fingerprint density at radius 1 is 0.342 bits per heavy atom. The first kappa shape index (κ1) is 37.8. The normalized spacial score (nSPS) is 12.5. The lowest BCUT2D eigenvalue weighted by Crippen LogP contribution is -2.42. The molecule has 0 amide bonds. The van der Waals surface area contributed by atoms with Crippen LogP contribution in [0.2, 0.25) is 0 Å². The second-order valence-corrected chi connectivity index (χ2v) is 13.5. The van der Waals surface area contributed by atoms with E-state index in [0.717, 1.165) is 48.5 Å². The molecule has 0 bridgehead atoms. The van der Waals surface area contributed by atoms with Crippen LogP contribution in [0.3, 0.4) is 0 Å². The zero-order valence-corrected chi connectivity index (χ0v) is 27.5. The average molecular weight is 543 g/mol. The van der Waals surface area contributed by atoms with E-state index in [4.69, 9.17) is 9.47 Å². The van der Waals surface area contributed by atoms with Crippen molar-refractivity contribution in [3.63, 3.8) is 0 Å². The number of hydrogen-bond donors (Lipinski definition) is 0. The summed E-state index contributed by atoms with van der Waals surface area (Å²) >= 11 is 0. The Labute approximate surface area is 241 Å². The molecule has 0 aromatic rings. The summed E-state index contributed by atoms with van der Waals surface area (Å²) in [6, 6.07) is 0. The predicted molar refractivity (Wildman–Crippen MR) is 169 cm³/mol. The highest BCUT2D eigenvalue weighted by Gasteiger charge is 2.15. The van der Waals surface area contributed by atoms with E-state index < -0.39 is 0 Å². The van der Waals surface area contributed by atoms with Crippen molar-refractivity contribution in [1.29, 1.82) is 0 Å². The fourth-order valence-corrected chi connectivity index (χ4v) is 5.22. The largest absolute Gasteiger partial charge is 0.332 e. The Hall–Kier alpha value is -0.160. The lowest BCUT2D eigenvalue weighted by molar-refractivity contribution is -0.910. The van der Waals surface area contributed by atoms with Gasteiger partial charge < -0.3 is 18.4 Å². The van der Waals surface area contributed by atoms with Crippen molar-refractivity contribution in [2.24, 2.45) is 0 Å². The van der Waals surface area contributed by atoms with Crippen LogP contribution in [0.15, 0.2) is 0 Å². The fourth-order valence-electron chi connectivity index (χ4n) is 5.22. The van der Waals surface area contributed by atoms with E-state index in [1.165, 1.54) is 142 Å². The summed E-state index contributed by atoms with van der Waals surface area (Å²) in [6.45, 7) is 10.4. The highest BCUT2D eigenvalue weighted by Crippen LogP contribution is 2.13. The molecule has 0 aliphatic heterocycles. The summed E-state index contributed by atoms with van der Waals surface area (Å²) in [5, 5.41) is 0. The van der Waals surface area contributed by atoms with E-state index in [1.54, 1.807) is 0 Å². The molecule has 0 aromatic heterocycles. The second kappa shape index (κ2) is 27.0. The number of quaternary nitrogens is 2. The maximum Gasteiger partial charge on any atom is 0.182 e. The third-order valence-electron chi connectivity index (χ3n) is 7.94. The van der Waals surface area contributed by atoms with Gasteiger partial charge in [-0.1, -0.05) is 117 Å². The molecular weight excluding hydrogens is 468 g/mol. The lowest BCUT2D eigenvalue weighted by Gasteiger charge is -2.29. The maximum atomic E-state index is 6.02. The summed E-state index contributed by atoms with van der Waals surface area (Å²) < 4.78 is 14.0. The highest BCUT2D eigenvalue weighted by atomic mass is 16.5. The lowest BCUT2D eigenvalue weighted by atomic mass is 10.1. The smallest absolute Gasteiger partial charge is 0.182 e. The van der Waals surface area contributed by atoms with Crippen molar-refractivity contribution < 1.29 is 18.4 Å². The molecule has 0 N–H and O–H groups in total. The van der Waals surface area contributed by atoms with Crippen molar-refractivity contribution in [1.82, 2.24) is 0 Å². The Morgan fingerprint density at radius 3 is 0.895 bits per heavy atom. The van der Waals surface area contributed by atoms with Gasteiger partial charge in [0.15, 0.2) is 13.5 Å². The molecule has 0 saturated heterocycles. The fraction of sp³-hybridized carbons (Fsp3) is 1.00. The van der Waals surface area contributed by atoms with Crippen molar-refractivity contribution in [2.75, 3.05) is 68.0 Å². The van der Waals surface area contributed by atoms with Gasteiger partial charge in [-0.05, 0) is 38.5 Å². The van der Waals surface area contributed by atoms with Gasteiger partial charge in [0.05, 0.1) is 54.5 Å². The van der Waals surface area contributed by atoms with Gasteiger partial charge in [-0.3, -0.25) is 0 Å². The molecule has 0 saturated carbocycles. The van der Waals surface area contributed by atoms with Crippen LogP contribution in [-0.4, -0.2) is 76.9 Å². The monoisotopic (exact) mass is 543 g/mol. The van der Waals surface area contributed by atoms with Gasteiger partial charge in [0.1, 0.15) is 0 Å². The Kier molecular flexibility index (Phi) is 26.9. The SMILES string of the molecule is CCCCCCCCCCCC[N+](C)(C)COCCCCOC[N+](C)(C)CCCCCCCCCCCC. The van der Waals surface area contributed by atoms with Gasteiger partial charge in [-0.15, -0.1) is 0 Å². The molecule has 0 fully saturated rings. The van der Waals surface area contributed by atoms with Crippen LogP contribution in [0.5, 0.6) is 0 Å². The molecule has 0 heterocycles. The first-order valence-corrected chi connectivity index (χ1v) is 17.1. The summed E-state index contributed by atoms with van der Waals surface area (Å²) in [7, 11) is 9.24. The summed E-state index contributed by atoms with van der Waals surface area (Å²) in [4.78, 5) is 0. The minimum Gasteiger partial charge on any atom is -0.332 e. The van der Waals surface area contributed by atoms with Crippen molar-refractivity contribution in [3.05, 3.63) is 0 Å². The summed E-state index contributed by atoms with van der Waals surface area (Å²) in [5.41, 5.74) is 0. The van der Waals surface area contributed by atoms with Crippen LogP contribution >= 0.6 is 0 Å². The van der Waals surface area contributed by atoms with E-state index in [2.05, 4.69) is 42.0 Å². The maximum absolute atomic E-state index is 6.02. The van der Waals surface area contributed by atoms with Crippen molar-refractivity contribution in [2.45, 2.75) is 155 Å². The molecule has 0 spiro atoms. The van der Waals surface area contributed by atoms with Gasteiger partial charge in [-0.25, -0.2) is 0 Å². The number of unbranched alkanes of at least 4 members (excludes halogenated alkanes) is 19. The Bertz CT molecular complexity index is 425. The van der Waals surface area contributed by atoms with E-state index in [-0.39, 0.29) is 0 Å². The molecular formula is C34H74N2O2+2. The molecule has 0 rings (SSSR count). The molecule has 0 unspecified atom stereocenters. The zero-order chi connectivity index (χ0) is 28.2. The second-order valence-electron chi connectivity index (χ2n) is 13.5. The molecule has 230 valence electrons. The predicted octanol–water partition coefficient (Wildman–Crippen LogP) is 9.71. The van der Waals surface area contributed by atoms with Gasteiger partial charge in [0, 0.05) is 0 Å². The van der Waals surface area contributed by atoms with E-state index in [9.17, 15) is 0 Å². The van der Waals surface area contributed by atoms with Gasteiger partial charge >= 0.3 is 0 Å². The minimum atomic E-state index is 0.834. The number of nitrogens with zero attached hydrogens (tertiary/aromatic N) is 2. The van der Waals surface area contributed by atoms with Crippen molar-refractivity contribution in [3.8, 4) is 0 Å². The standard InChI is InChI=1S/C34H74N2O2/c1-7-9-11-13-15-17-19-21-23-25-29-35(3,4)33-37-31-27-28-32-38-34-36(5,6)30-26-24-22-20-18-16-14-12-10-8-2/h7-34H2,1-6H3/q+2. The average Bonchev–Trinajstić information content (AvgIpc) is 2.87. The molecule has 0 radical (unpaired) electrons. The third-order valence-corrected chi connectivity index (χ3v) is 7.94. The summed E-state index contributed by atoms with van der Waals surface area (Å²) in [5.74, 6) is 0. The van der Waals surface area contributed by atoms with Gasteiger partial charge in [0.25, 0.3) is 0 Å². The minimum absolute atomic E-state index is 0.834. The molecule has 4 nitrogen and oxygen atoms in total. The van der Waals surface area contributed by atoms with Crippen LogP contribution in [0, 0.1) is 0 Å².